The zero-order valence-corrected chi connectivity index (χ0v) is 13.6. The van der Waals surface area contributed by atoms with Crippen LogP contribution in [0.2, 0.25) is 0 Å². The van der Waals surface area contributed by atoms with Crippen molar-refractivity contribution in [1.29, 1.82) is 0 Å². The molecule has 1 saturated carbocycles. The van der Waals surface area contributed by atoms with E-state index in [4.69, 9.17) is 11.5 Å². The van der Waals surface area contributed by atoms with E-state index in [9.17, 15) is 0 Å². The lowest BCUT2D eigenvalue weighted by Crippen LogP contribution is -2.05. The van der Waals surface area contributed by atoms with E-state index in [0.29, 0.717) is 11.6 Å². The van der Waals surface area contributed by atoms with E-state index < -0.39 is 0 Å². The van der Waals surface area contributed by atoms with Crippen LogP contribution in [0.5, 0.6) is 0 Å². The fourth-order valence-corrected chi connectivity index (χ4v) is 2.72. The second kappa shape index (κ2) is 7.98. The molecule has 4 nitrogen and oxygen atoms in total. The third-order valence-corrected chi connectivity index (χ3v) is 4.11. The Morgan fingerprint density at radius 3 is 1.95 bits per heavy atom. The summed E-state index contributed by atoms with van der Waals surface area (Å²) in [6.45, 7) is 0. The third-order valence-electron chi connectivity index (χ3n) is 3.64. The zero-order valence-electron chi connectivity index (χ0n) is 12.0. The van der Waals surface area contributed by atoms with E-state index in [2.05, 4.69) is 32.0 Å². The lowest BCUT2D eigenvalue weighted by molar-refractivity contribution is 0.443. The Labute approximate surface area is 134 Å². The van der Waals surface area contributed by atoms with Gasteiger partial charge in [0.25, 0.3) is 0 Å². The van der Waals surface area contributed by atoms with Crippen molar-refractivity contribution in [3.05, 3.63) is 46.7 Å². The Balaban J connectivity index is 0.000000173. The van der Waals surface area contributed by atoms with Gasteiger partial charge in [0.05, 0.1) is 0 Å². The second-order valence-corrected chi connectivity index (χ2v) is 6.17. The molecule has 4 N–H and O–H groups in total. The summed E-state index contributed by atoms with van der Waals surface area (Å²) in [5.41, 5.74) is 12.2. The quantitative estimate of drug-likeness (QED) is 0.811. The summed E-state index contributed by atoms with van der Waals surface area (Å²) in [6.07, 6.45) is 10.4. The van der Waals surface area contributed by atoms with Gasteiger partial charge in [-0.15, -0.1) is 0 Å². The molecule has 0 amide bonds. The topological polar surface area (TPSA) is 77.8 Å². The normalized spacial score (nSPS) is 15.1. The summed E-state index contributed by atoms with van der Waals surface area (Å²) in [6, 6.07) is 7.62. The van der Waals surface area contributed by atoms with Gasteiger partial charge >= 0.3 is 0 Å². The molecule has 5 heteroatoms. The molecular formula is C16H21BrN4. The van der Waals surface area contributed by atoms with E-state index in [-0.39, 0.29) is 0 Å². The molecule has 2 heterocycles. The second-order valence-electron chi connectivity index (χ2n) is 5.25. The molecule has 0 unspecified atom stereocenters. The minimum absolute atomic E-state index is 0.549. The maximum Gasteiger partial charge on any atom is 0.123 e. The van der Waals surface area contributed by atoms with Crippen molar-refractivity contribution < 1.29 is 0 Å². The molecule has 0 aromatic carbocycles. The van der Waals surface area contributed by atoms with Crippen LogP contribution in [0.15, 0.2) is 41.1 Å². The fraction of sp³-hybridized carbons (Fsp3) is 0.375. The SMILES string of the molecule is Nc1ccc(Br)cn1.Nc1ccc(C2CCCCC2)cn1. The van der Waals surface area contributed by atoms with E-state index in [1.807, 2.05) is 18.3 Å². The Hall–Kier alpha value is -1.62. The molecule has 2 aromatic heterocycles. The van der Waals surface area contributed by atoms with E-state index in [1.54, 1.807) is 12.3 Å². The molecule has 1 aliphatic carbocycles. The molecule has 0 saturated heterocycles. The standard InChI is InChI=1S/C11H16N2.C5H5BrN2/c12-11-7-6-10(8-13-11)9-4-2-1-3-5-9;6-4-1-2-5(7)8-3-4/h6-9H,1-5H2,(H2,12,13);1-3H,(H2,7,8). The van der Waals surface area contributed by atoms with Crippen molar-refractivity contribution >= 4 is 27.6 Å². The number of nitrogen functional groups attached to an aromatic ring is 2. The molecule has 0 aliphatic heterocycles. The molecular weight excluding hydrogens is 328 g/mol. The lowest BCUT2D eigenvalue weighted by Gasteiger charge is -2.21. The first-order valence-corrected chi connectivity index (χ1v) is 8.03. The highest BCUT2D eigenvalue weighted by Crippen LogP contribution is 2.32. The van der Waals surface area contributed by atoms with Crippen molar-refractivity contribution in [3.63, 3.8) is 0 Å². The van der Waals surface area contributed by atoms with Gasteiger partial charge < -0.3 is 11.5 Å². The number of rotatable bonds is 1. The van der Waals surface area contributed by atoms with Gasteiger partial charge in [0, 0.05) is 16.9 Å². The van der Waals surface area contributed by atoms with E-state index in [0.717, 1.165) is 10.4 Å². The minimum Gasteiger partial charge on any atom is -0.384 e. The van der Waals surface area contributed by atoms with Crippen LogP contribution in [0.3, 0.4) is 0 Å². The van der Waals surface area contributed by atoms with Gasteiger partial charge in [-0.1, -0.05) is 25.3 Å². The van der Waals surface area contributed by atoms with Crippen molar-refractivity contribution in [2.75, 3.05) is 11.5 Å². The highest BCUT2D eigenvalue weighted by Gasteiger charge is 2.15. The van der Waals surface area contributed by atoms with Crippen LogP contribution in [0, 0.1) is 0 Å². The first kappa shape index (κ1) is 15.8. The average molecular weight is 349 g/mol. The summed E-state index contributed by atoms with van der Waals surface area (Å²) in [5.74, 6) is 1.91. The molecule has 0 bridgehead atoms. The van der Waals surface area contributed by atoms with Gasteiger partial charge in [0.15, 0.2) is 0 Å². The Morgan fingerprint density at radius 2 is 1.48 bits per heavy atom. The number of nitrogens with two attached hydrogens (primary N) is 2. The van der Waals surface area contributed by atoms with Crippen LogP contribution < -0.4 is 11.5 Å². The molecule has 21 heavy (non-hydrogen) atoms. The summed E-state index contributed by atoms with van der Waals surface area (Å²) in [7, 11) is 0. The van der Waals surface area contributed by atoms with E-state index >= 15 is 0 Å². The zero-order chi connectivity index (χ0) is 15.1. The molecule has 0 atom stereocenters. The molecule has 0 spiro atoms. The van der Waals surface area contributed by atoms with Crippen LogP contribution in [0.1, 0.15) is 43.6 Å². The number of anilines is 2. The van der Waals surface area contributed by atoms with Crippen molar-refractivity contribution in [2.45, 2.75) is 38.0 Å². The third kappa shape index (κ3) is 5.34. The molecule has 2 aromatic rings. The first-order valence-electron chi connectivity index (χ1n) is 7.23. The smallest absolute Gasteiger partial charge is 0.123 e. The van der Waals surface area contributed by atoms with Crippen molar-refractivity contribution in [2.24, 2.45) is 0 Å². The largest absolute Gasteiger partial charge is 0.384 e. The maximum atomic E-state index is 5.55. The van der Waals surface area contributed by atoms with Crippen LogP contribution in [-0.4, -0.2) is 9.97 Å². The van der Waals surface area contributed by atoms with Crippen molar-refractivity contribution in [1.82, 2.24) is 9.97 Å². The Bertz CT molecular complexity index is 512. The van der Waals surface area contributed by atoms with E-state index in [1.165, 1.54) is 37.7 Å². The molecule has 112 valence electrons. The van der Waals surface area contributed by atoms with Crippen LogP contribution >= 0.6 is 15.9 Å². The van der Waals surface area contributed by atoms with Gasteiger partial charge in [0.1, 0.15) is 11.6 Å². The van der Waals surface area contributed by atoms with Crippen LogP contribution in [0.25, 0.3) is 0 Å². The fourth-order valence-electron chi connectivity index (χ4n) is 2.48. The van der Waals surface area contributed by atoms with Crippen LogP contribution in [-0.2, 0) is 0 Å². The van der Waals surface area contributed by atoms with Crippen LogP contribution in [0.4, 0.5) is 11.6 Å². The number of aromatic nitrogens is 2. The van der Waals surface area contributed by atoms with Gasteiger partial charge in [-0.25, -0.2) is 9.97 Å². The number of nitrogens with zero attached hydrogens (tertiary/aromatic N) is 2. The molecule has 0 radical (unpaired) electrons. The average Bonchev–Trinajstić information content (AvgIpc) is 2.52. The maximum absolute atomic E-state index is 5.55. The highest BCUT2D eigenvalue weighted by atomic mass is 79.9. The number of hydrogen-bond acceptors (Lipinski definition) is 4. The summed E-state index contributed by atoms with van der Waals surface area (Å²) in [5, 5.41) is 0. The van der Waals surface area contributed by atoms with Gasteiger partial charge in [-0.3, -0.25) is 0 Å². The monoisotopic (exact) mass is 348 g/mol. The van der Waals surface area contributed by atoms with Crippen molar-refractivity contribution in [3.8, 4) is 0 Å². The van der Waals surface area contributed by atoms with Gasteiger partial charge in [-0.05, 0) is 58.5 Å². The summed E-state index contributed by atoms with van der Waals surface area (Å²) >= 11 is 3.23. The Kier molecular flexibility index (Phi) is 5.99. The lowest BCUT2D eigenvalue weighted by atomic mass is 9.85. The first-order chi connectivity index (χ1) is 10.1. The summed E-state index contributed by atoms with van der Waals surface area (Å²) in [4.78, 5) is 7.94. The van der Waals surface area contributed by atoms with Gasteiger partial charge in [0.2, 0.25) is 0 Å². The summed E-state index contributed by atoms with van der Waals surface area (Å²) < 4.78 is 0.951. The predicted molar refractivity (Wildman–Crippen MR) is 90.8 cm³/mol. The van der Waals surface area contributed by atoms with Gasteiger partial charge in [-0.2, -0.15) is 0 Å². The Morgan fingerprint density at radius 1 is 0.857 bits per heavy atom. The number of hydrogen-bond donors (Lipinski definition) is 2. The minimum atomic E-state index is 0.549. The number of halogens is 1. The molecule has 3 rings (SSSR count). The number of pyridine rings is 2. The predicted octanol–water partition coefficient (Wildman–Crippen LogP) is 4.14. The highest BCUT2D eigenvalue weighted by molar-refractivity contribution is 9.10. The molecule has 1 aliphatic rings. The molecule has 1 fully saturated rings.